The van der Waals surface area contributed by atoms with Crippen molar-refractivity contribution in [1.82, 2.24) is 14.5 Å². The molecule has 19 heavy (non-hydrogen) atoms. The maximum atomic E-state index is 12.1. The first kappa shape index (κ1) is 13.3. The Hall–Kier alpha value is -2.17. The second-order valence-electron chi connectivity index (χ2n) is 4.61. The molecule has 5 heteroatoms. The zero-order valence-corrected chi connectivity index (χ0v) is 11.7. The number of benzene rings is 1. The highest BCUT2D eigenvalue weighted by Gasteiger charge is 2.09. The molecule has 0 aliphatic heterocycles. The van der Waals surface area contributed by atoms with E-state index in [0.717, 1.165) is 16.8 Å². The van der Waals surface area contributed by atoms with Gasteiger partial charge in [0, 0.05) is 6.54 Å². The van der Waals surface area contributed by atoms with Gasteiger partial charge in [-0.3, -0.25) is 4.57 Å². The van der Waals surface area contributed by atoms with E-state index < -0.39 is 0 Å². The zero-order valence-electron chi connectivity index (χ0n) is 11.7. The Morgan fingerprint density at radius 1 is 1.21 bits per heavy atom. The minimum atomic E-state index is -0.319. The van der Waals surface area contributed by atoms with Gasteiger partial charge in [0.25, 0.3) is 0 Å². The van der Waals surface area contributed by atoms with E-state index in [9.17, 15) is 4.79 Å². The average Bonchev–Trinajstić information content (AvgIpc) is 2.31. The molecule has 0 aliphatic carbocycles. The first-order valence-corrected chi connectivity index (χ1v) is 6.30. The van der Waals surface area contributed by atoms with Gasteiger partial charge in [0.15, 0.2) is 0 Å². The maximum absolute atomic E-state index is 12.1. The molecule has 0 unspecified atom stereocenters. The highest BCUT2D eigenvalue weighted by atomic mass is 16.1. The molecule has 100 valence electrons. The quantitative estimate of drug-likeness (QED) is 0.914. The lowest BCUT2D eigenvalue weighted by molar-refractivity contribution is 0.846. The molecule has 0 aliphatic rings. The molecular formula is C14H18N4O. The Morgan fingerprint density at radius 3 is 2.37 bits per heavy atom. The standard InChI is InChI=1S/C14H18N4O/c1-5-15-13-16-8-18(14(19)17-13)12-10(3)6-9(2)7-11(12)4/h6-8H,5H2,1-4H3,(H,15,17,19). The van der Waals surface area contributed by atoms with Crippen molar-refractivity contribution < 1.29 is 0 Å². The SMILES string of the molecule is CCNc1ncn(-c2c(C)cc(C)cc2C)c(=O)n1. The van der Waals surface area contributed by atoms with Crippen LogP contribution in [0.25, 0.3) is 5.69 Å². The summed E-state index contributed by atoms with van der Waals surface area (Å²) in [5.74, 6) is 0.367. The molecule has 5 nitrogen and oxygen atoms in total. The lowest BCUT2D eigenvalue weighted by Gasteiger charge is -2.13. The van der Waals surface area contributed by atoms with Gasteiger partial charge in [-0.15, -0.1) is 0 Å². The average molecular weight is 258 g/mol. The van der Waals surface area contributed by atoms with Crippen LogP contribution >= 0.6 is 0 Å². The largest absolute Gasteiger partial charge is 0.356 e. The second kappa shape index (κ2) is 5.22. The van der Waals surface area contributed by atoms with Crippen LogP contribution in [-0.2, 0) is 0 Å². The zero-order chi connectivity index (χ0) is 14.0. The lowest BCUT2D eigenvalue weighted by atomic mass is 10.1. The third-order valence-corrected chi connectivity index (χ3v) is 2.91. The van der Waals surface area contributed by atoms with Gasteiger partial charge in [-0.25, -0.2) is 9.78 Å². The molecule has 0 bridgehead atoms. The highest BCUT2D eigenvalue weighted by molar-refractivity contribution is 5.49. The van der Waals surface area contributed by atoms with Crippen LogP contribution in [0.2, 0.25) is 0 Å². The Labute approximate surface area is 112 Å². The topological polar surface area (TPSA) is 59.8 Å². The summed E-state index contributed by atoms with van der Waals surface area (Å²) in [4.78, 5) is 20.2. The molecule has 1 aromatic carbocycles. The van der Waals surface area contributed by atoms with E-state index in [1.807, 2.05) is 39.8 Å². The number of aryl methyl sites for hydroxylation is 3. The van der Waals surface area contributed by atoms with Crippen LogP contribution < -0.4 is 11.0 Å². The van der Waals surface area contributed by atoms with E-state index in [4.69, 9.17) is 0 Å². The molecule has 2 rings (SSSR count). The molecule has 1 aromatic heterocycles. The van der Waals surface area contributed by atoms with Crippen molar-refractivity contribution in [1.29, 1.82) is 0 Å². The molecule has 0 fully saturated rings. The number of hydrogen-bond acceptors (Lipinski definition) is 4. The fourth-order valence-electron chi connectivity index (χ4n) is 2.28. The monoisotopic (exact) mass is 258 g/mol. The van der Waals surface area contributed by atoms with Crippen molar-refractivity contribution >= 4 is 5.95 Å². The molecule has 0 saturated heterocycles. The minimum Gasteiger partial charge on any atom is -0.354 e. The van der Waals surface area contributed by atoms with Crippen LogP contribution in [0, 0.1) is 20.8 Å². The van der Waals surface area contributed by atoms with E-state index in [2.05, 4.69) is 15.3 Å². The lowest BCUT2D eigenvalue weighted by Crippen LogP contribution is -2.24. The second-order valence-corrected chi connectivity index (χ2v) is 4.61. The molecule has 0 saturated carbocycles. The molecule has 0 atom stereocenters. The summed E-state index contributed by atoms with van der Waals surface area (Å²) in [6, 6.07) is 4.10. The predicted octanol–water partition coefficient (Wildman–Crippen LogP) is 1.98. The molecular weight excluding hydrogens is 240 g/mol. The Balaban J connectivity index is 2.57. The predicted molar refractivity (Wildman–Crippen MR) is 76.0 cm³/mol. The van der Waals surface area contributed by atoms with Gasteiger partial charge in [-0.1, -0.05) is 17.7 Å². The van der Waals surface area contributed by atoms with E-state index >= 15 is 0 Å². The first-order valence-electron chi connectivity index (χ1n) is 6.30. The van der Waals surface area contributed by atoms with Crippen LogP contribution in [0.1, 0.15) is 23.6 Å². The summed E-state index contributed by atoms with van der Waals surface area (Å²) in [6.45, 7) is 8.63. The molecule has 1 N–H and O–H groups in total. The van der Waals surface area contributed by atoms with Crippen molar-refractivity contribution in [3.05, 3.63) is 45.6 Å². The van der Waals surface area contributed by atoms with Crippen molar-refractivity contribution in [3.8, 4) is 5.69 Å². The Kier molecular flexibility index (Phi) is 3.64. The number of hydrogen-bond donors (Lipinski definition) is 1. The Morgan fingerprint density at radius 2 is 1.84 bits per heavy atom. The van der Waals surface area contributed by atoms with E-state index in [1.165, 1.54) is 16.5 Å². The third kappa shape index (κ3) is 2.65. The summed E-state index contributed by atoms with van der Waals surface area (Å²) in [5.41, 5.74) is 3.80. The number of rotatable bonds is 3. The van der Waals surface area contributed by atoms with Gasteiger partial charge in [0.2, 0.25) is 5.95 Å². The Bertz CT molecular complexity index is 638. The summed E-state index contributed by atoms with van der Waals surface area (Å²) >= 11 is 0. The maximum Gasteiger partial charge on any atom is 0.356 e. The summed E-state index contributed by atoms with van der Waals surface area (Å²) < 4.78 is 1.49. The molecule has 0 spiro atoms. The first-order chi connectivity index (χ1) is 9.02. The molecule has 2 aromatic rings. The van der Waals surface area contributed by atoms with Gasteiger partial charge in [-0.05, 0) is 38.8 Å². The number of anilines is 1. The third-order valence-electron chi connectivity index (χ3n) is 2.91. The minimum absolute atomic E-state index is 0.319. The van der Waals surface area contributed by atoms with Gasteiger partial charge in [-0.2, -0.15) is 4.98 Å². The van der Waals surface area contributed by atoms with Gasteiger partial charge >= 0.3 is 5.69 Å². The van der Waals surface area contributed by atoms with Crippen LogP contribution in [0.5, 0.6) is 0 Å². The molecule has 0 radical (unpaired) electrons. The number of nitrogens with zero attached hydrogens (tertiary/aromatic N) is 3. The van der Waals surface area contributed by atoms with Crippen LogP contribution in [-0.4, -0.2) is 21.1 Å². The summed E-state index contributed by atoms with van der Waals surface area (Å²) in [5, 5.41) is 2.93. The van der Waals surface area contributed by atoms with Crippen LogP contribution in [0.15, 0.2) is 23.3 Å². The van der Waals surface area contributed by atoms with Crippen LogP contribution in [0.4, 0.5) is 5.95 Å². The van der Waals surface area contributed by atoms with Crippen molar-refractivity contribution in [3.63, 3.8) is 0 Å². The van der Waals surface area contributed by atoms with E-state index in [-0.39, 0.29) is 5.69 Å². The normalized spacial score (nSPS) is 10.5. The van der Waals surface area contributed by atoms with Crippen molar-refractivity contribution in [2.45, 2.75) is 27.7 Å². The van der Waals surface area contributed by atoms with E-state index in [1.54, 1.807) is 0 Å². The fourth-order valence-corrected chi connectivity index (χ4v) is 2.28. The van der Waals surface area contributed by atoms with E-state index in [0.29, 0.717) is 12.5 Å². The smallest absolute Gasteiger partial charge is 0.354 e. The summed E-state index contributed by atoms with van der Waals surface area (Å²) in [6.07, 6.45) is 1.53. The number of aromatic nitrogens is 3. The summed E-state index contributed by atoms with van der Waals surface area (Å²) in [7, 11) is 0. The number of nitrogens with one attached hydrogen (secondary N) is 1. The van der Waals surface area contributed by atoms with Crippen molar-refractivity contribution in [2.24, 2.45) is 0 Å². The highest BCUT2D eigenvalue weighted by Crippen LogP contribution is 2.19. The van der Waals surface area contributed by atoms with Gasteiger partial charge in [0.05, 0.1) is 5.69 Å². The van der Waals surface area contributed by atoms with Gasteiger partial charge < -0.3 is 5.32 Å². The molecule has 1 heterocycles. The molecule has 0 amide bonds. The fraction of sp³-hybridized carbons (Fsp3) is 0.357. The van der Waals surface area contributed by atoms with Crippen LogP contribution in [0.3, 0.4) is 0 Å². The van der Waals surface area contributed by atoms with Crippen molar-refractivity contribution in [2.75, 3.05) is 11.9 Å². The van der Waals surface area contributed by atoms with Gasteiger partial charge in [0.1, 0.15) is 6.33 Å².